The highest BCUT2D eigenvalue weighted by atomic mass is 16.7. The van der Waals surface area contributed by atoms with E-state index in [2.05, 4.69) is 55.6 Å². The van der Waals surface area contributed by atoms with Crippen molar-refractivity contribution in [3.63, 3.8) is 0 Å². The van der Waals surface area contributed by atoms with Crippen LogP contribution in [-0.2, 0) is 14.3 Å². The van der Waals surface area contributed by atoms with Gasteiger partial charge in [0.1, 0.15) is 24.4 Å². The molecule has 1 saturated heterocycles. The first-order chi connectivity index (χ1) is 32.8. The number of rotatable bonds is 48. The molecule has 7 atom stereocenters. The summed E-state index contributed by atoms with van der Waals surface area (Å²) in [5.74, 6) is -0.178. The maximum absolute atomic E-state index is 13.0. The second-order valence-electron chi connectivity index (χ2n) is 19.7. The summed E-state index contributed by atoms with van der Waals surface area (Å²) in [4.78, 5) is 13.0. The van der Waals surface area contributed by atoms with Gasteiger partial charge in [0.15, 0.2) is 6.29 Å². The molecule has 0 aromatic carbocycles. The largest absolute Gasteiger partial charge is 0.394 e. The Balaban J connectivity index is 2.22. The number of carbonyl (C=O) groups is 1. The quantitative estimate of drug-likeness (QED) is 0.0261. The highest BCUT2D eigenvalue weighted by Gasteiger charge is 2.44. The monoisotopic (exact) mass is 946 g/mol. The molecule has 0 spiro atoms. The lowest BCUT2D eigenvalue weighted by Gasteiger charge is -2.40. The van der Waals surface area contributed by atoms with Gasteiger partial charge in [0.25, 0.3) is 0 Å². The molecule has 1 rings (SSSR count). The van der Waals surface area contributed by atoms with Gasteiger partial charge >= 0.3 is 0 Å². The Morgan fingerprint density at radius 2 is 0.881 bits per heavy atom. The van der Waals surface area contributed by atoms with Crippen LogP contribution in [0, 0.1) is 0 Å². The van der Waals surface area contributed by atoms with Crippen LogP contribution in [0.2, 0.25) is 0 Å². The van der Waals surface area contributed by atoms with Crippen LogP contribution < -0.4 is 5.32 Å². The fourth-order valence-electron chi connectivity index (χ4n) is 8.87. The van der Waals surface area contributed by atoms with E-state index in [0.29, 0.717) is 6.42 Å². The Kier molecular flexibility index (Phi) is 45.1. The molecule has 0 bridgehead atoms. The van der Waals surface area contributed by atoms with Crippen LogP contribution in [0.1, 0.15) is 258 Å². The smallest absolute Gasteiger partial charge is 0.220 e. The molecule has 9 nitrogen and oxygen atoms in total. The van der Waals surface area contributed by atoms with E-state index in [1.165, 1.54) is 186 Å². The summed E-state index contributed by atoms with van der Waals surface area (Å²) in [5.41, 5.74) is 0. The molecule has 0 radical (unpaired) electrons. The van der Waals surface area contributed by atoms with Crippen LogP contribution in [0.15, 0.2) is 48.6 Å². The fraction of sp³-hybridized carbons (Fsp3) is 0.845. The van der Waals surface area contributed by atoms with E-state index in [-0.39, 0.29) is 12.5 Å². The second-order valence-corrected chi connectivity index (χ2v) is 19.7. The molecule has 9 heteroatoms. The van der Waals surface area contributed by atoms with Gasteiger partial charge in [-0.25, -0.2) is 0 Å². The number of nitrogens with one attached hydrogen (secondary N) is 1. The zero-order valence-electron chi connectivity index (χ0n) is 43.4. The summed E-state index contributed by atoms with van der Waals surface area (Å²) >= 11 is 0. The van der Waals surface area contributed by atoms with Gasteiger partial charge in [0, 0.05) is 6.42 Å². The first-order valence-electron chi connectivity index (χ1n) is 28.4. The molecule has 1 aliphatic rings. The average Bonchev–Trinajstić information content (AvgIpc) is 3.33. The van der Waals surface area contributed by atoms with E-state index >= 15 is 0 Å². The lowest BCUT2D eigenvalue weighted by molar-refractivity contribution is -0.302. The lowest BCUT2D eigenvalue weighted by atomic mass is 9.99. The van der Waals surface area contributed by atoms with Crippen LogP contribution in [-0.4, -0.2) is 87.5 Å². The van der Waals surface area contributed by atoms with Crippen LogP contribution in [0.5, 0.6) is 0 Å². The number of unbranched alkanes of at least 4 members (excludes halogenated alkanes) is 32. The predicted molar refractivity (Wildman–Crippen MR) is 281 cm³/mol. The third kappa shape index (κ3) is 37.6. The Morgan fingerprint density at radius 3 is 1.30 bits per heavy atom. The summed E-state index contributed by atoms with van der Waals surface area (Å²) in [7, 11) is 0. The Labute approximate surface area is 412 Å². The van der Waals surface area contributed by atoms with Crippen molar-refractivity contribution in [2.24, 2.45) is 0 Å². The second kappa shape index (κ2) is 47.8. The van der Waals surface area contributed by atoms with Gasteiger partial charge in [0.2, 0.25) is 5.91 Å². The van der Waals surface area contributed by atoms with E-state index < -0.39 is 49.5 Å². The van der Waals surface area contributed by atoms with Gasteiger partial charge in [-0.15, -0.1) is 0 Å². The molecule has 0 aliphatic carbocycles. The molecule has 1 fully saturated rings. The highest BCUT2D eigenvalue weighted by Crippen LogP contribution is 2.23. The van der Waals surface area contributed by atoms with Crippen molar-refractivity contribution in [2.45, 2.75) is 301 Å². The van der Waals surface area contributed by atoms with Crippen molar-refractivity contribution >= 4 is 5.91 Å². The first-order valence-corrected chi connectivity index (χ1v) is 28.4. The van der Waals surface area contributed by atoms with E-state index in [4.69, 9.17) is 9.47 Å². The number of aliphatic hydroxyl groups is 5. The minimum atomic E-state index is -1.57. The van der Waals surface area contributed by atoms with E-state index in [0.717, 1.165) is 51.4 Å². The molecule has 6 N–H and O–H groups in total. The number of hydrogen-bond acceptors (Lipinski definition) is 8. The highest BCUT2D eigenvalue weighted by molar-refractivity contribution is 5.76. The third-order valence-corrected chi connectivity index (χ3v) is 13.4. The number of aliphatic hydroxyl groups excluding tert-OH is 5. The molecule has 0 aromatic heterocycles. The van der Waals surface area contributed by atoms with Crippen LogP contribution in [0.4, 0.5) is 0 Å². The molecule has 0 aromatic rings. The minimum absolute atomic E-state index is 0.178. The van der Waals surface area contributed by atoms with Crippen LogP contribution in [0.3, 0.4) is 0 Å². The number of ether oxygens (including phenoxy) is 2. The third-order valence-electron chi connectivity index (χ3n) is 13.4. The van der Waals surface area contributed by atoms with Crippen molar-refractivity contribution in [3.05, 3.63) is 48.6 Å². The normalized spacial score (nSPS) is 20.0. The van der Waals surface area contributed by atoms with Gasteiger partial charge in [-0.05, 0) is 57.8 Å². The van der Waals surface area contributed by atoms with Gasteiger partial charge in [0.05, 0.1) is 25.4 Å². The average molecular weight is 946 g/mol. The molecular formula is C58H107NO8. The number of hydrogen-bond donors (Lipinski definition) is 6. The van der Waals surface area contributed by atoms with Crippen molar-refractivity contribution in [1.82, 2.24) is 5.32 Å². The molecule has 67 heavy (non-hydrogen) atoms. The Hall–Kier alpha value is -1.85. The maximum atomic E-state index is 13.0. The molecule has 1 heterocycles. The van der Waals surface area contributed by atoms with Crippen molar-refractivity contribution in [1.29, 1.82) is 0 Å². The maximum Gasteiger partial charge on any atom is 0.220 e. The predicted octanol–water partition coefficient (Wildman–Crippen LogP) is 13.7. The standard InChI is InChI=1S/C58H107NO8/c1-3-5-7-9-11-13-15-17-19-21-22-23-24-25-26-27-28-29-30-32-34-36-38-40-42-44-46-48-54(62)59-51(50-66-58-57(65)56(64)55(63)53(49-60)67-58)52(61)47-45-43-41-39-37-35-33-31-20-18-16-14-12-10-8-6-4-2/h15,17,21-22,24-25,45,47,51-53,55-58,60-61,63-65H,3-14,16,18-20,23,26-44,46,48-50H2,1-2H3,(H,59,62)/b17-15-,22-21-,25-24-,47-45+. The lowest BCUT2D eigenvalue weighted by Crippen LogP contribution is -2.60. The molecule has 1 aliphatic heterocycles. The van der Waals surface area contributed by atoms with Gasteiger partial charge in [-0.2, -0.15) is 0 Å². The molecule has 392 valence electrons. The van der Waals surface area contributed by atoms with Gasteiger partial charge in [-0.1, -0.05) is 242 Å². The zero-order valence-corrected chi connectivity index (χ0v) is 43.4. The van der Waals surface area contributed by atoms with Crippen LogP contribution in [0.25, 0.3) is 0 Å². The Bertz CT molecular complexity index is 1190. The summed E-state index contributed by atoms with van der Waals surface area (Å²) in [6, 6.07) is -0.807. The first kappa shape index (κ1) is 63.2. The number of allylic oxidation sites excluding steroid dienone is 7. The number of carbonyl (C=O) groups excluding carboxylic acids is 1. The number of amides is 1. The van der Waals surface area contributed by atoms with E-state index in [1.807, 2.05) is 6.08 Å². The van der Waals surface area contributed by atoms with Crippen LogP contribution >= 0.6 is 0 Å². The molecule has 0 saturated carbocycles. The van der Waals surface area contributed by atoms with Crippen molar-refractivity contribution in [2.75, 3.05) is 13.2 Å². The van der Waals surface area contributed by atoms with Crippen molar-refractivity contribution < 1.29 is 39.8 Å². The summed E-state index contributed by atoms with van der Waals surface area (Å²) < 4.78 is 11.3. The molecule has 1 amide bonds. The molecular weight excluding hydrogens is 839 g/mol. The van der Waals surface area contributed by atoms with Crippen molar-refractivity contribution in [3.8, 4) is 0 Å². The fourth-order valence-corrected chi connectivity index (χ4v) is 8.87. The minimum Gasteiger partial charge on any atom is -0.394 e. The van der Waals surface area contributed by atoms with E-state index in [1.54, 1.807) is 6.08 Å². The topological polar surface area (TPSA) is 149 Å². The SMILES string of the molecule is CCCCCCC/C=C\C/C=C\C/C=C\CCCCCCCCCCCCCCC(=O)NC(COC1OC(CO)C(O)C(O)C1O)C(O)/C=C/CCCCCCCCCCCCCCCCC. The summed E-state index contributed by atoms with van der Waals surface area (Å²) in [5, 5.41) is 54.5. The Morgan fingerprint density at radius 1 is 0.507 bits per heavy atom. The zero-order chi connectivity index (χ0) is 48.7. The molecule has 7 unspecified atom stereocenters. The van der Waals surface area contributed by atoms with E-state index in [9.17, 15) is 30.3 Å². The summed E-state index contributed by atoms with van der Waals surface area (Å²) in [6.07, 6.45) is 55.9. The summed E-state index contributed by atoms with van der Waals surface area (Å²) in [6.45, 7) is 3.78. The van der Waals surface area contributed by atoms with Gasteiger partial charge < -0.3 is 40.3 Å². The van der Waals surface area contributed by atoms with Gasteiger partial charge in [-0.3, -0.25) is 4.79 Å².